The second kappa shape index (κ2) is 7.06. The number of aromatic nitrogens is 1. The highest BCUT2D eigenvalue weighted by atomic mass is 35.5. The molecule has 0 aliphatic carbocycles. The van der Waals surface area contributed by atoms with Gasteiger partial charge in [0.15, 0.2) is 0 Å². The van der Waals surface area contributed by atoms with Gasteiger partial charge < -0.3 is 10.1 Å². The molecule has 2 N–H and O–H groups in total. The van der Waals surface area contributed by atoms with Gasteiger partial charge in [-0.15, -0.1) is 0 Å². The zero-order valence-corrected chi connectivity index (χ0v) is 16.4. The fraction of sp³-hybridized carbons (Fsp3) is 0.300. The number of nitrogens with one attached hydrogen (secondary N) is 1. The first-order chi connectivity index (χ1) is 12.4. The minimum atomic E-state index is -0.785. The summed E-state index contributed by atoms with van der Waals surface area (Å²) in [5.74, 6) is 0. The van der Waals surface area contributed by atoms with Crippen LogP contribution in [0.2, 0.25) is 15.1 Å². The second-order valence-corrected chi connectivity index (χ2v) is 8.22. The van der Waals surface area contributed by atoms with Gasteiger partial charge in [-0.3, -0.25) is 4.90 Å². The molecule has 26 heavy (non-hydrogen) atoms. The summed E-state index contributed by atoms with van der Waals surface area (Å²) in [7, 11) is 0. The maximum absolute atomic E-state index is 11.0. The summed E-state index contributed by atoms with van der Waals surface area (Å²) in [4.78, 5) is 5.59. The quantitative estimate of drug-likeness (QED) is 0.590. The zero-order valence-electron chi connectivity index (χ0n) is 14.1. The molecule has 0 unspecified atom stereocenters. The van der Waals surface area contributed by atoms with Crippen LogP contribution in [0.25, 0.3) is 10.9 Å². The van der Waals surface area contributed by atoms with Crippen molar-refractivity contribution in [1.29, 1.82) is 0 Å². The number of nitrogens with zero attached hydrogens (tertiary/aromatic N) is 1. The lowest BCUT2D eigenvalue weighted by Crippen LogP contribution is -2.42. The van der Waals surface area contributed by atoms with Gasteiger partial charge in [0.1, 0.15) is 0 Å². The van der Waals surface area contributed by atoms with Gasteiger partial charge in [0, 0.05) is 46.8 Å². The number of hydrogen-bond donors (Lipinski definition) is 2. The maximum atomic E-state index is 11.0. The molecule has 3 aromatic rings. The molecule has 6 heteroatoms. The molecule has 1 aliphatic heterocycles. The summed E-state index contributed by atoms with van der Waals surface area (Å²) in [5, 5.41) is 14.0. The largest absolute Gasteiger partial charge is 0.385 e. The normalized spacial score (nSPS) is 17.7. The molecule has 0 bridgehead atoms. The Hall–Kier alpha value is -1.23. The predicted molar refractivity (Wildman–Crippen MR) is 108 cm³/mol. The van der Waals surface area contributed by atoms with Crippen molar-refractivity contribution in [1.82, 2.24) is 9.88 Å². The number of rotatable bonds is 3. The number of hydrogen-bond acceptors (Lipinski definition) is 2. The van der Waals surface area contributed by atoms with E-state index in [9.17, 15) is 5.11 Å². The van der Waals surface area contributed by atoms with E-state index in [4.69, 9.17) is 34.8 Å². The number of aromatic amines is 1. The summed E-state index contributed by atoms with van der Waals surface area (Å²) < 4.78 is 0. The van der Waals surface area contributed by atoms with E-state index in [0.717, 1.165) is 41.7 Å². The summed E-state index contributed by atoms with van der Waals surface area (Å²) in [5.41, 5.74) is 2.25. The van der Waals surface area contributed by atoms with Gasteiger partial charge in [-0.1, -0.05) is 46.9 Å². The van der Waals surface area contributed by atoms with Gasteiger partial charge in [-0.2, -0.15) is 0 Å². The zero-order chi connectivity index (χ0) is 18.3. The van der Waals surface area contributed by atoms with Crippen LogP contribution in [0.1, 0.15) is 24.0 Å². The minimum absolute atomic E-state index is 0.627. The number of fused-ring (bicyclic) bond motifs is 1. The third kappa shape index (κ3) is 3.47. The molecule has 3 nitrogen and oxygen atoms in total. The Morgan fingerprint density at radius 3 is 2.38 bits per heavy atom. The van der Waals surface area contributed by atoms with Crippen LogP contribution in [-0.4, -0.2) is 28.1 Å². The molecular formula is C20H19Cl3N2O. The summed E-state index contributed by atoms with van der Waals surface area (Å²) in [6.45, 7) is 2.42. The Bertz CT molecular complexity index is 928. The number of aliphatic hydroxyl groups is 1. The Labute approximate surface area is 167 Å². The number of piperidine rings is 1. The third-order valence-electron chi connectivity index (χ3n) is 5.24. The van der Waals surface area contributed by atoms with Crippen LogP contribution in [0.3, 0.4) is 0 Å². The molecule has 0 spiro atoms. The monoisotopic (exact) mass is 408 g/mol. The Morgan fingerprint density at radius 1 is 1.00 bits per heavy atom. The van der Waals surface area contributed by atoms with Crippen molar-refractivity contribution in [2.24, 2.45) is 0 Å². The molecule has 4 rings (SSSR count). The van der Waals surface area contributed by atoms with Crippen LogP contribution in [0.15, 0.2) is 42.6 Å². The fourth-order valence-corrected chi connectivity index (χ4v) is 4.49. The minimum Gasteiger partial charge on any atom is -0.385 e. The van der Waals surface area contributed by atoms with E-state index in [0.29, 0.717) is 27.9 Å². The second-order valence-electron chi connectivity index (χ2n) is 6.94. The van der Waals surface area contributed by atoms with Crippen molar-refractivity contribution in [2.75, 3.05) is 13.1 Å². The van der Waals surface area contributed by atoms with Gasteiger partial charge in [0.2, 0.25) is 0 Å². The molecule has 2 aromatic carbocycles. The highest BCUT2D eigenvalue weighted by Crippen LogP contribution is 2.35. The molecule has 1 fully saturated rings. The lowest BCUT2D eigenvalue weighted by atomic mass is 9.84. The number of H-pyrrole nitrogens is 1. The topological polar surface area (TPSA) is 39.3 Å². The maximum Gasteiger partial charge on any atom is 0.0920 e. The van der Waals surface area contributed by atoms with Gasteiger partial charge in [0.25, 0.3) is 0 Å². The third-order valence-corrected chi connectivity index (χ3v) is 6.01. The molecule has 0 amide bonds. The van der Waals surface area contributed by atoms with Crippen molar-refractivity contribution in [3.8, 4) is 0 Å². The number of benzene rings is 2. The Kier molecular flexibility index (Phi) is 4.93. The molecule has 0 radical (unpaired) electrons. The Balaban J connectivity index is 1.48. The molecule has 1 aliphatic rings. The van der Waals surface area contributed by atoms with Crippen LogP contribution in [0.5, 0.6) is 0 Å². The van der Waals surface area contributed by atoms with E-state index in [1.54, 1.807) is 6.07 Å². The van der Waals surface area contributed by atoms with E-state index in [-0.39, 0.29) is 0 Å². The molecular weight excluding hydrogens is 391 g/mol. The molecule has 0 atom stereocenters. The number of likely N-dealkylation sites (tertiary alicyclic amines) is 1. The van der Waals surface area contributed by atoms with E-state index in [1.807, 2.05) is 36.5 Å². The summed E-state index contributed by atoms with van der Waals surface area (Å²) >= 11 is 18.4. The van der Waals surface area contributed by atoms with Crippen molar-refractivity contribution in [2.45, 2.75) is 25.0 Å². The molecule has 0 saturated carbocycles. The first-order valence-electron chi connectivity index (χ1n) is 8.60. The smallest absolute Gasteiger partial charge is 0.0920 e. The molecule has 1 aromatic heterocycles. The first-order valence-corrected chi connectivity index (χ1v) is 9.74. The standard InChI is InChI=1S/C20H19Cl3N2O/c21-15-3-1-14(2-4-15)20(26)5-7-25(8-6-20)12-13-11-24-18-10-16(22)9-17(23)19(13)18/h1-4,9-11,24,26H,5-8,12H2. The average molecular weight is 410 g/mol. The van der Waals surface area contributed by atoms with Gasteiger partial charge in [-0.25, -0.2) is 0 Å². The highest BCUT2D eigenvalue weighted by Gasteiger charge is 2.34. The lowest BCUT2D eigenvalue weighted by Gasteiger charge is -2.38. The lowest BCUT2D eigenvalue weighted by molar-refractivity contribution is -0.0276. The number of halogens is 3. The highest BCUT2D eigenvalue weighted by molar-refractivity contribution is 6.38. The van der Waals surface area contributed by atoms with Gasteiger partial charge >= 0.3 is 0 Å². The van der Waals surface area contributed by atoms with Crippen LogP contribution in [-0.2, 0) is 12.1 Å². The van der Waals surface area contributed by atoms with Crippen molar-refractivity contribution < 1.29 is 5.11 Å². The molecule has 136 valence electrons. The SMILES string of the molecule is OC1(c2ccc(Cl)cc2)CCN(Cc2c[nH]c3cc(Cl)cc(Cl)c23)CC1. The van der Waals surface area contributed by atoms with Crippen LogP contribution in [0, 0.1) is 0 Å². The van der Waals surface area contributed by atoms with Gasteiger partial charge in [-0.05, 0) is 48.2 Å². The fourth-order valence-electron chi connectivity index (χ4n) is 3.75. The Morgan fingerprint density at radius 2 is 1.69 bits per heavy atom. The summed E-state index contributed by atoms with van der Waals surface area (Å²) in [6, 6.07) is 11.2. The van der Waals surface area contributed by atoms with Crippen molar-refractivity contribution >= 4 is 45.7 Å². The van der Waals surface area contributed by atoms with Crippen LogP contribution < -0.4 is 0 Å². The predicted octanol–water partition coefficient (Wildman–Crippen LogP) is 5.61. The first kappa shape index (κ1) is 18.1. The van der Waals surface area contributed by atoms with Crippen molar-refractivity contribution in [3.63, 3.8) is 0 Å². The van der Waals surface area contributed by atoms with E-state index < -0.39 is 5.60 Å². The molecule has 2 heterocycles. The van der Waals surface area contributed by atoms with E-state index >= 15 is 0 Å². The van der Waals surface area contributed by atoms with Gasteiger partial charge in [0.05, 0.1) is 10.6 Å². The van der Waals surface area contributed by atoms with Crippen molar-refractivity contribution in [3.05, 3.63) is 68.8 Å². The van der Waals surface area contributed by atoms with Crippen LogP contribution >= 0.6 is 34.8 Å². The summed E-state index contributed by atoms with van der Waals surface area (Å²) in [6.07, 6.45) is 3.37. The average Bonchev–Trinajstić information content (AvgIpc) is 3.00. The van der Waals surface area contributed by atoms with E-state index in [1.165, 1.54) is 0 Å². The van der Waals surface area contributed by atoms with E-state index in [2.05, 4.69) is 9.88 Å². The van der Waals surface area contributed by atoms with Crippen LogP contribution in [0.4, 0.5) is 0 Å². The molecule has 1 saturated heterocycles.